The van der Waals surface area contributed by atoms with E-state index in [0.717, 1.165) is 0 Å². The van der Waals surface area contributed by atoms with E-state index in [2.05, 4.69) is 5.32 Å². The van der Waals surface area contributed by atoms with Crippen molar-refractivity contribution in [2.45, 2.75) is 6.23 Å². The van der Waals surface area contributed by atoms with Crippen molar-refractivity contribution in [2.75, 3.05) is 14.1 Å². The first-order valence-corrected chi connectivity index (χ1v) is 7.13. The Morgan fingerprint density at radius 3 is 2.60 bits per heavy atom. The molecule has 3 N–H and O–H groups in total. The minimum absolute atomic E-state index is 0.0294. The first-order valence-electron chi connectivity index (χ1n) is 5.76. The Hall–Kier alpha value is -1.90. The molecule has 20 heavy (non-hydrogen) atoms. The highest BCUT2D eigenvalue weighted by molar-refractivity contribution is 7.80. The van der Waals surface area contributed by atoms with Crippen molar-refractivity contribution in [1.29, 1.82) is 0 Å². The average molecular weight is 299 g/mol. The summed E-state index contributed by atoms with van der Waals surface area (Å²) in [6.45, 7) is 0. The summed E-state index contributed by atoms with van der Waals surface area (Å²) in [6.07, 6.45) is 0.358. The lowest BCUT2D eigenvalue weighted by atomic mass is 10.1. The predicted molar refractivity (Wildman–Crippen MR) is 72.7 cm³/mol. The van der Waals surface area contributed by atoms with Gasteiger partial charge in [-0.3, -0.25) is 9.87 Å². The minimum Gasteiger partial charge on any atom is -0.507 e. The van der Waals surface area contributed by atoms with Gasteiger partial charge in [0.2, 0.25) is 6.23 Å². The number of benzene rings is 1. The van der Waals surface area contributed by atoms with Gasteiger partial charge in [0.1, 0.15) is 5.76 Å². The molecule has 0 aliphatic carbocycles. The number of likely N-dealkylation sites (N-methyl/N-ethyl adjacent to an activating group) is 1. The highest BCUT2D eigenvalue weighted by Gasteiger charge is 2.31. The summed E-state index contributed by atoms with van der Waals surface area (Å²) < 4.78 is 37.2. The van der Waals surface area contributed by atoms with Crippen LogP contribution in [0.1, 0.15) is 17.4 Å². The first kappa shape index (κ1) is 14.5. The summed E-state index contributed by atoms with van der Waals surface area (Å²) in [5, 5.41) is 12.9. The number of amidine groups is 1. The summed E-state index contributed by atoms with van der Waals surface area (Å²) in [4.78, 5) is 0. The molecule has 1 aliphatic rings. The van der Waals surface area contributed by atoms with Gasteiger partial charge in [-0.15, -0.1) is 0 Å². The normalized spacial score (nSPS) is 19.1. The van der Waals surface area contributed by atoms with Crippen molar-refractivity contribution in [3.8, 4) is 0 Å². The SMILES string of the molecule is CNC1=[N+](C)[C@H](OS(=O)(=O)O)c2ccccc2C(O)=C1. The standard InChI is InChI=1S/C12H14N2O5S/c1-13-11-7-10(15)8-5-3-4-6-9(8)12(14(11)2)19-20(16,17)18/h3-7,12H,1-2H3,(H2,13,15,16,17,18)/p+1/t12-/m1/s1. The van der Waals surface area contributed by atoms with E-state index in [1.165, 1.54) is 10.7 Å². The molecule has 1 heterocycles. The van der Waals surface area contributed by atoms with Crippen molar-refractivity contribution >= 4 is 22.0 Å². The zero-order valence-electron chi connectivity index (χ0n) is 10.9. The molecule has 1 atom stereocenters. The molecular weight excluding hydrogens is 284 g/mol. The molecule has 1 aromatic carbocycles. The molecule has 0 spiro atoms. The number of aliphatic hydroxyl groups is 1. The van der Waals surface area contributed by atoms with E-state index >= 15 is 0 Å². The fourth-order valence-corrected chi connectivity index (χ4v) is 2.53. The number of fused-ring (bicyclic) bond motifs is 1. The van der Waals surface area contributed by atoms with Crippen LogP contribution in [0.3, 0.4) is 0 Å². The second-order valence-electron chi connectivity index (χ2n) is 4.24. The molecule has 0 bridgehead atoms. The molecule has 0 amide bonds. The summed E-state index contributed by atoms with van der Waals surface area (Å²) in [5.74, 6) is 0.408. The van der Waals surface area contributed by atoms with Gasteiger partial charge in [-0.2, -0.15) is 12.6 Å². The van der Waals surface area contributed by atoms with Crippen LogP contribution in [0.2, 0.25) is 0 Å². The van der Waals surface area contributed by atoms with Gasteiger partial charge < -0.3 is 5.11 Å². The number of aliphatic hydroxyl groups excluding tert-OH is 1. The van der Waals surface area contributed by atoms with Gasteiger partial charge in [0.15, 0.2) is 0 Å². The van der Waals surface area contributed by atoms with Crippen LogP contribution in [-0.4, -0.2) is 42.6 Å². The fraction of sp³-hybridized carbons (Fsp3) is 0.250. The lowest BCUT2D eigenvalue weighted by Gasteiger charge is -2.17. The molecule has 0 unspecified atom stereocenters. The third-order valence-electron chi connectivity index (χ3n) is 2.98. The Kier molecular flexibility index (Phi) is 3.80. The first-order chi connectivity index (χ1) is 9.33. The van der Waals surface area contributed by atoms with Crippen LogP contribution in [0.15, 0.2) is 30.3 Å². The maximum atomic E-state index is 11.0. The maximum Gasteiger partial charge on any atom is 0.401 e. The van der Waals surface area contributed by atoms with Crippen molar-refractivity contribution < 1.29 is 26.8 Å². The molecule has 108 valence electrons. The molecule has 7 nitrogen and oxygen atoms in total. The van der Waals surface area contributed by atoms with Crippen molar-refractivity contribution in [1.82, 2.24) is 5.32 Å². The van der Waals surface area contributed by atoms with Gasteiger partial charge in [0.25, 0.3) is 5.84 Å². The Morgan fingerprint density at radius 1 is 1.35 bits per heavy atom. The van der Waals surface area contributed by atoms with Crippen LogP contribution < -0.4 is 5.32 Å². The van der Waals surface area contributed by atoms with E-state index in [0.29, 0.717) is 17.0 Å². The topological polar surface area (TPSA) is 98.9 Å². The second kappa shape index (κ2) is 5.23. The Balaban J connectivity index is 2.66. The van der Waals surface area contributed by atoms with Gasteiger partial charge >= 0.3 is 10.4 Å². The lowest BCUT2D eigenvalue weighted by Crippen LogP contribution is -2.31. The van der Waals surface area contributed by atoms with Crippen molar-refractivity contribution in [3.63, 3.8) is 0 Å². The number of nitrogens with one attached hydrogen (secondary N) is 1. The van der Waals surface area contributed by atoms with Crippen LogP contribution in [0.5, 0.6) is 0 Å². The average Bonchev–Trinajstić information content (AvgIpc) is 2.48. The van der Waals surface area contributed by atoms with Crippen LogP contribution in [-0.2, 0) is 14.6 Å². The number of hydrogen-bond acceptors (Lipinski definition) is 5. The van der Waals surface area contributed by atoms with Crippen LogP contribution in [0.4, 0.5) is 0 Å². The van der Waals surface area contributed by atoms with Gasteiger partial charge in [-0.25, -0.2) is 4.58 Å². The smallest absolute Gasteiger partial charge is 0.401 e. The van der Waals surface area contributed by atoms with Crippen molar-refractivity contribution in [3.05, 3.63) is 41.5 Å². The fourth-order valence-electron chi connectivity index (χ4n) is 2.07. The summed E-state index contributed by atoms with van der Waals surface area (Å²) in [5.41, 5.74) is 0.852. The van der Waals surface area contributed by atoms with Gasteiger partial charge in [-0.1, -0.05) is 24.3 Å². The Morgan fingerprint density at radius 2 is 2.00 bits per heavy atom. The molecule has 0 aromatic heterocycles. The maximum absolute atomic E-state index is 11.0. The van der Waals surface area contributed by atoms with E-state index in [1.807, 2.05) is 0 Å². The van der Waals surface area contributed by atoms with Crippen LogP contribution in [0, 0.1) is 0 Å². The van der Waals surface area contributed by atoms with Crippen LogP contribution in [0.25, 0.3) is 5.76 Å². The molecule has 1 aliphatic heterocycles. The molecular formula is C12H15N2O5S+. The Labute approximate surface area is 116 Å². The second-order valence-corrected chi connectivity index (χ2v) is 5.29. The third kappa shape index (κ3) is 2.82. The molecule has 1 aromatic rings. The molecule has 8 heteroatoms. The Bertz CT molecular complexity index is 694. The highest BCUT2D eigenvalue weighted by atomic mass is 32.3. The molecule has 0 saturated carbocycles. The summed E-state index contributed by atoms with van der Waals surface area (Å²) >= 11 is 0. The van der Waals surface area contributed by atoms with E-state index in [9.17, 15) is 13.5 Å². The van der Waals surface area contributed by atoms with Crippen molar-refractivity contribution in [2.24, 2.45) is 0 Å². The molecule has 0 fully saturated rings. The zero-order chi connectivity index (χ0) is 14.9. The quantitative estimate of drug-likeness (QED) is 0.548. The van der Waals surface area contributed by atoms with Crippen LogP contribution >= 0.6 is 0 Å². The van der Waals surface area contributed by atoms with E-state index < -0.39 is 16.6 Å². The van der Waals surface area contributed by atoms with Gasteiger partial charge in [-0.05, 0) is 0 Å². The third-order valence-corrected chi connectivity index (χ3v) is 3.40. The predicted octanol–water partition coefficient (Wildman–Crippen LogP) is 0.677. The largest absolute Gasteiger partial charge is 0.507 e. The number of nitrogens with zero attached hydrogens (tertiary/aromatic N) is 1. The van der Waals surface area contributed by atoms with E-state index in [4.69, 9.17) is 8.74 Å². The van der Waals surface area contributed by atoms with Gasteiger partial charge in [0.05, 0.1) is 20.2 Å². The number of rotatable bonds is 2. The van der Waals surface area contributed by atoms with E-state index in [-0.39, 0.29) is 5.76 Å². The minimum atomic E-state index is -4.65. The summed E-state index contributed by atoms with van der Waals surface area (Å²) in [7, 11) is -1.45. The summed E-state index contributed by atoms with van der Waals surface area (Å²) in [6, 6.07) is 6.64. The van der Waals surface area contributed by atoms with E-state index in [1.54, 1.807) is 38.4 Å². The molecule has 2 rings (SSSR count). The molecule has 0 radical (unpaired) electrons. The highest BCUT2D eigenvalue weighted by Crippen LogP contribution is 2.29. The molecule has 0 saturated heterocycles. The van der Waals surface area contributed by atoms with Gasteiger partial charge in [0, 0.05) is 11.1 Å². The number of hydrogen-bond donors (Lipinski definition) is 3. The lowest BCUT2D eigenvalue weighted by molar-refractivity contribution is -0.585. The zero-order valence-corrected chi connectivity index (χ0v) is 11.8. The monoisotopic (exact) mass is 299 g/mol.